The quantitative estimate of drug-likeness (QED) is 0.519. The van der Waals surface area contributed by atoms with E-state index >= 15 is 0 Å². The number of fused-ring (bicyclic) bond motifs is 2. The number of nitrogens with one attached hydrogen (secondary N) is 1. The zero-order chi connectivity index (χ0) is 7.31. The molecule has 0 bridgehead atoms. The molecule has 11 heavy (non-hydrogen) atoms. The van der Waals surface area contributed by atoms with Crippen molar-refractivity contribution in [2.75, 3.05) is 13.1 Å². The lowest BCUT2D eigenvalue weighted by Gasteiger charge is -2.36. The summed E-state index contributed by atoms with van der Waals surface area (Å²) in [6, 6.07) is 0.924. The van der Waals surface area contributed by atoms with E-state index in [1.807, 2.05) is 0 Å². The first-order chi connectivity index (χ1) is 5.41. The van der Waals surface area contributed by atoms with Crippen molar-refractivity contribution in [2.45, 2.75) is 43.8 Å². The molecule has 0 aromatic rings. The van der Waals surface area contributed by atoms with E-state index < -0.39 is 0 Å². The Morgan fingerprint density at radius 1 is 1.18 bits per heavy atom. The first kappa shape index (κ1) is 6.44. The van der Waals surface area contributed by atoms with E-state index in [2.05, 4.69) is 10.2 Å². The molecule has 3 fully saturated rings. The van der Waals surface area contributed by atoms with Gasteiger partial charge in [0.2, 0.25) is 0 Å². The predicted molar refractivity (Wildman–Crippen MR) is 44.3 cm³/mol. The van der Waals surface area contributed by atoms with Gasteiger partial charge in [-0.15, -0.1) is 0 Å². The van der Waals surface area contributed by atoms with E-state index in [1.165, 1.54) is 45.2 Å². The fourth-order valence-electron chi connectivity index (χ4n) is 2.89. The van der Waals surface area contributed by atoms with Gasteiger partial charge in [-0.05, 0) is 12.8 Å². The van der Waals surface area contributed by atoms with Gasteiger partial charge in [-0.2, -0.15) is 0 Å². The summed E-state index contributed by atoms with van der Waals surface area (Å²) in [5.41, 5.74) is 0.489. The van der Waals surface area contributed by atoms with Crippen LogP contribution in [0.3, 0.4) is 0 Å². The highest BCUT2D eigenvalue weighted by molar-refractivity contribution is 5.10. The minimum Gasteiger partial charge on any atom is -0.298 e. The normalized spacial score (nSPS) is 45.8. The Morgan fingerprint density at radius 3 is 2.55 bits per heavy atom. The third-order valence-corrected chi connectivity index (χ3v) is 3.61. The van der Waals surface area contributed by atoms with Crippen LogP contribution in [0.15, 0.2) is 0 Å². The summed E-state index contributed by atoms with van der Waals surface area (Å²) < 4.78 is 0. The summed E-state index contributed by atoms with van der Waals surface area (Å²) in [4.78, 5) is 2.67. The van der Waals surface area contributed by atoms with Gasteiger partial charge in [0.15, 0.2) is 0 Å². The van der Waals surface area contributed by atoms with Crippen LogP contribution in [0.25, 0.3) is 0 Å². The van der Waals surface area contributed by atoms with E-state index in [0.717, 1.165) is 6.04 Å². The van der Waals surface area contributed by atoms with Crippen molar-refractivity contribution in [3.63, 3.8) is 0 Å². The van der Waals surface area contributed by atoms with Crippen LogP contribution in [0, 0.1) is 0 Å². The van der Waals surface area contributed by atoms with Gasteiger partial charge in [0.25, 0.3) is 0 Å². The first-order valence-corrected chi connectivity index (χ1v) is 4.93. The average molecular weight is 152 g/mol. The Hall–Kier alpha value is -0.0800. The van der Waals surface area contributed by atoms with Crippen molar-refractivity contribution >= 4 is 0 Å². The van der Waals surface area contributed by atoms with Crippen LogP contribution in [0.1, 0.15) is 32.1 Å². The second kappa shape index (κ2) is 1.99. The lowest BCUT2D eigenvalue weighted by atomic mass is 9.89. The van der Waals surface area contributed by atoms with E-state index in [4.69, 9.17) is 0 Å². The lowest BCUT2D eigenvalue weighted by Crippen LogP contribution is -2.48. The van der Waals surface area contributed by atoms with Crippen LogP contribution >= 0.6 is 0 Å². The van der Waals surface area contributed by atoms with Gasteiger partial charge in [0.05, 0.1) is 5.66 Å². The topological polar surface area (TPSA) is 15.0 Å². The maximum atomic E-state index is 3.70. The Bertz CT molecular complexity index is 172. The van der Waals surface area contributed by atoms with Crippen LogP contribution in [-0.4, -0.2) is 29.7 Å². The zero-order valence-electron chi connectivity index (χ0n) is 6.97. The summed E-state index contributed by atoms with van der Waals surface area (Å²) >= 11 is 0. The van der Waals surface area contributed by atoms with Gasteiger partial charge in [0.1, 0.15) is 0 Å². The molecule has 62 valence electrons. The minimum absolute atomic E-state index is 0.489. The fourth-order valence-corrected chi connectivity index (χ4v) is 2.89. The highest BCUT2D eigenvalue weighted by Crippen LogP contribution is 2.42. The predicted octanol–water partition coefficient (Wildman–Crippen LogP) is 0.934. The highest BCUT2D eigenvalue weighted by Gasteiger charge is 2.54. The van der Waals surface area contributed by atoms with Gasteiger partial charge in [-0.3, -0.25) is 10.2 Å². The average Bonchev–Trinajstić information content (AvgIpc) is 2.77. The minimum atomic E-state index is 0.489. The Labute approximate surface area is 68.0 Å². The molecule has 2 unspecified atom stereocenters. The first-order valence-electron chi connectivity index (χ1n) is 4.93. The monoisotopic (exact) mass is 152 g/mol. The van der Waals surface area contributed by atoms with Crippen molar-refractivity contribution in [3.05, 3.63) is 0 Å². The second-order valence-corrected chi connectivity index (χ2v) is 4.28. The third-order valence-electron chi connectivity index (χ3n) is 3.61. The summed E-state index contributed by atoms with van der Waals surface area (Å²) in [7, 11) is 0. The smallest absolute Gasteiger partial charge is 0.0716 e. The molecule has 3 rings (SSSR count). The van der Waals surface area contributed by atoms with Gasteiger partial charge in [-0.25, -0.2) is 0 Å². The summed E-state index contributed by atoms with van der Waals surface area (Å²) in [5.74, 6) is 0. The molecule has 1 aliphatic carbocycles. The maximum Gasteiger partial charge on any atom is 0.0716 e. The Morgan fingerprint density at radius 2 is 2.00 bits per heavy atom. The fraction of sp³-hybridized carbons (Fsp3) is 1.00. The molecule has 1 spiro atoms. The van der Waals surface area contributed by atoms with E-state index in [-0.39, 0.29) is 0 Å². The molecule has 0 amide bonds. The van der Waals surface area contributed by atoms with Crippen LogP contribution in [0.2, 0.25) is 0 Å². The molecule has 0 aromatic heterocycles. The van der Waals surface area contributed by atoms with Crippen LogP contribution in [-0.2, 0) is 0 Å². The number of nitrogens with zero attached hydrogens (tertiary/aromatic N) is 1. The molecular weight excluding hydrogens is 136 g/mol. The number of rotatable bonds is 0. The van der Waals surface area contributed by atoms with Crippen molar-refractivity contribution in [2.24, 2.45) is 0 Å². The third kappa shape index (κ3) is 0.798. The molecule has 1 N–H and O–H groups in total. The number of hydrogen-bond donors (Lipinski definition) is 1. The summed E-state index contributed by atoms with van der Waals surface area (Å²) in [6.45, 7) is 2.65. The largest absolute Gasteiger partial charge is 0.298 e. The van der Waals surface area contributed by atoms with E-state index in [0.29, 0.717) is 5.66 Å². The molecule has 3 aliphatic rings. The standard InChI is InChI=1S/C9H16N2/c1-2-4-9(5-3-1)10-6-8-7-11(8)9/h8,10H,1-7H2. The van der Waals surface area contributed by atoms with Crippen molar-refractivity contribution < 1.29 is 0 Å². The van der Waals surface area contributed by atoms with Gasteiger partial charge in [0, 0.05) is 19.1 Å². The SMILES string of the molecule is C1CCC2(CC1)NCC1CN12. The molecular formula is C9H16N2. The second-order valence-electron chi connectivity index (χ2n) is 4.28. The number of hydrogen-bond acceptors (Lipinski definition) is 2. The van der Waals surface area contributed by atoms with Gasteiger partial charge < -0.3 is 0 Å². The van der Waals surface area contributed by atoms with Gasteiger partial charge in [-0.1, -0.05) is 19.3 Å². The Kier molecular flexibility index (Phi) is 1.16. The molecule has 2 nitrogen and oxygen atoms in total. The molecule has 0 aromatic carbocycles. The maximum absolute atomic E-state index is 3.70. The molecule has 2 heteroatoms. The molecule has 2 aliphatic heterocycles. The van der Waals surface area contributed by atoms with Crippen LogP contribution in [0.4, 0.5) is 0 Å². The summed E-state index contributed by atoms with van der Waals surface area (Å²) in [5, 5.41) is 3.70. The van der Waals surface area contributed by atoms with Crippen molar-refractivity contribution in [1.82, 2.24) is 10.2 Å². The van der Waals surface area contributed by atoms with E-state index in [1.54, 1.807) is 0 Å². The molecule has 2 heterocycles. The molecule has 1 saturated carbocycles. The molecule has 0 radical (unpaired) electrons. The van der Waals surface area contributed by atoms with Crippen LogP contribution in [0.5, 0.6) is 0 Å². The zero-order valence-corrected chi connectivity index (χ0v) is 6.97. The molecule has 2 atom stereocenters. The van der Waals surface area contributed by atoms with E-state index in [9.17, 15) is 0 Å². The molecule has 2 saturated heterocycles. The Balaban J connectivity index is 1.81. The van der Waals surface area contributed by atoms with Crippen molar-refractivity contribution in [3.8, 4) is 0 Å². The van der Waals surface area contributed by atoms with Crippen LogP contribution < -0.4 is 5.32 Å². The van der Waals surface area contributed by atoms with Gasteiger partial charge >= 0.3 is 0 Å². The highest BCUT2D eigenvalue weighted by atomic mass is 15.5. The van der Waals surface area contributed by atoms with Crippen molar-refractivity contribution in [1.29, 1.82) is 0 Å². The summed E-state index contributed by atoms with van der Waals surface area (Å²) in [6.07, 6.45) is 7.15. The lowest BCUT2D eigenvalue weighted by molar-refractivity contribution is 0.145.